The molecule has 0 aromatic heterocycles. The lowest BCUT2D eigenvalue weighted by molar-refractivity contribution is -0.116. The van der Waals surface area contributed by atoms with Gasteiger partial charge in [-0.3, -0.25) is 4.79 Å². The number of carbonyl (C=O) groups excluding carboxylic acids is 1. The van der Waals surface area contributed by atoms with Crippen molar-refractivity contribution in [3.8, 4) is 0 Å². The number of hydrogen-bond acceptors (Lipinski definition) is 1. The van der Waals surface area contributed by atoms with Crippen LogP contribution in [0.4, 0.5) is 0 Å². The second kappa shape index (κ2) is 11.0. The molecule has 0 atom stereocenters. The number of ketones is 1. The summed E-state index contributed by atoms with van der Waals surface area (Å²) in [5, 5.41) is 0. The van der Waals surface area contributed by atoms with Crippen LogP contribution in [0.2, 0.25) is 0 Å². The summed E-state index contributed by atoms with van der Waals surface area (Å²) in [5.41, 5.74) is 0. The normalized spacial score (nSPS) is 11.8. The average Bonchev–Trinajstić information content (AvgIpc) is 2.37. The summed E-state index contributed by atoms with van der Waals surface area (Å²) in [5.74, 6) is 0.392. The van der Waals surface area contributed by atoms with Gasteiger partial charge in [-0.1, -0.05) is 40.0 Å². The van der Waals surface area contributed by atoms with Gasteiger partial charge in [-0.05, 0) is 26.2 Å². The van der Waals surface area contributed by atoms with Crippen molar-refractivity contribution in [1.29, 1.82) is 0 Å². The van der Waals surface area contributed by atoms with Gasteiger partial charge >= 0.3 is 0 Å². The Kier molecular flexibility index (Phi) is 11.0. The van der Waals surface area contributed by atoms with Gasteiger partial charge < -0.3 is 0 Å². The van der Waals surface area contributed by atoms with E-state index in [1.165, 1.54) is 63.2 Å². The van der Waals surface area contributed by atoms with E-state index in [0.29, 0.717) is 5.78 Å². The third kappa shape index (κ3) is 8.25. The third-order valence-corrected chi connectivity index (χ3v) is 8.86. The Morgan fingerprint density at radius 3 is 1.44 bits per heavy atom. The van der Waals surface area contributed by atoms with Gasteiger partial charge in [0, 0.05) is 13.7 Å². The van der Waals surface area contributed by atoms with Gasteiger partial charge in [-0.25, -0.2) is 0 Å². The molecule has 0 aliphatic carbocycles. The monoisotopic (exact) mass is 273 g/mol. The molecule has 0 aliphatic heterocycles. The average molecular weight is 273 g/mol. The SMILES string of the molecule is CCCC[P+](CCCC)(CCCC)CCC(C)=O. The maximum absolute atomic E-state index is 11.3. The van der Waals surface area contributed by atoms with Crippen LogP contribution in [0.3, 0.4) is 0 Å². The van der Waals surface area contributed by atoms with Crippen molar-refractivity contribution in [2.75, 3.05) is 24.6 Å². The Morgan fingerprint density at radius 1 is 0.778 bits per heavy atom. The molecular formula is C16H34OP+. The minimum Gasteiger partial charge on any atom is -0.300 e. The minimum absolute atomic E-state index is 0.392. The number of hydrogen-bond donors (Lipinski definition) is 0. The van der Waals surface area contributed by atoms with Gasteiger partial charge in [0.15, 0.2) is 0 Å². The molecule has 0 spiro atoms. The maximum Gasteiger partial charge on any atom is 0.133 e. The fourth-order valence-electron chi connectivity index (χ4n) is 2.55. The molecule has 2 heteroatoms. The summed E-state index contributed by atoms with van der Waals surface area (Å²) in [6.07, 6.45) is 14.4. The number of Topliss-reactive ketones (excluding diaryl/α,β-unsaturated/α-hetero) is 1. The molecule has 0 aromatic rings. The summed E-state index contributed by atoms with van der Waals surface area (Å²) in [4.78, 5) is 11.3. The Balaban J connectivity index is 4.55. The molecule has 0 unspecified atom stereocenters. The van der Waals surface area contributed by atoms with Gasteiger partial charge in [-0.15, -0.1) is 0 Å². The molecule has 1 nitrogen and oxygen atoms in total. The van der Waals surface area contributed by atoms with E-state index in [2.05, 4.69) is 20.8 Å². The first-order chi connectivity index (χ1) is 8.60. The molecule has 0 bridgehead atoms. The summed E-state index contributed by atoms with van der Waals surface area (Å²) in [7, 11) is -0.820. The maximum atomic E-state index is 11.3. The Bertz CT molecular complexity index is 191. The van der Waals surface area contributed by atoms with Crippen LogP contribution in [0.15, 0.2) is 0 Å². The van der Waals surface area contributed by atoms with E-state index in [-0.39, 0.29) is 0 Å². The highest BCUT2D eigenvalue weighted by Gasteiger charge is 2.35. The van der Waals surface area contributed by atoms with Crippen molar-refractivity contribution in [1.82, 2.24) is 0 Å². The molecule has 0 N–H and O–H groups in total. The predicted octanol–water partition coefficient (Wildman–Crippen LogP) is 5.38. The second-order valence-corrected chi connectivity index (χ2v) is 10.2. The van der Waals surface area contributed by atoms with Crippen molar-refractivity contribution in [2.24, 2.45) is 0 Å². The molecule has 0 aliphatic rings. The fraction of sp³-hybridized carbons (Fsp3) is 0.938. The molecule has 0 amide bonds. The quantitative estimate of drug-likeness (QED) is 0.436. The Hall–Kier alpha value is 0.100. The molecule has 108 valence electrons. The molecular weight excluding hydrogens is 239 g/mol. The smallest absolute Gasteiger partial charge is 0.133 e. The molecule has 0 saturated carbocycles. The first-order valence-electron chi connectivity index (χ1n) is 7.94. The van der Waals surface area contributed by atoms with Gasteiger partial charge in [-0.2, -0.15) is 0 Å². The predicted molar refractivity (Wildman–Crippen MR) is 86.4 cm³/mol. The second-order valence-electron chi connectivity index (χ2n) is 5.75. The summed E-state index contributed by atoms with van der Waals surface area (Å²) >= 11 is 0. The summed E-state index contributed by atoms with van der Waals surface area (Å²) in [6.45, 7) is 8.63. The third-order valence-electron chi connectivity index (χ3n) is 3.90. The first kappa shape index (κ1) is 18.1. The lowest BCUT2D eigenvalue weighted by Gasteiger charge is -2.27. The lowest BCUT2D eigenvalue weighted by atomic mass is 10.3. The van der Waals surface area contributed by atoms with Crippen LogP contribution < -0.4 is 0 Å². The van der Waals surface area contributed by atoms with Crippen LogP contribution in [0.5, 0.6) is 0 Å². The molecule has 0 rings (SSSR count). The van der Waals surface area contributed by atoms with E-state index in [0.717, 1.165) is 6.42 Å². The topological polar surface area (TPSA) is 17.1 Å². The zero-order valence-electron chi connectivity index (χ0n) is 13.1. The van der Waals surface area contributed by atoms with E-state index in [4.69, 9.17) is 0 Å². The molecule has 0 fully saturated rings. The van der Waals surface area contributed by atoms with Crippen LogP contribution in [-0.4, -0.2) is 30.4 Å². The van der Waals surface area contributed by atoms with Crippen LogP contribution in [0, 0.1) is 0 Å². The number of rotatable bonds is 12. The minimum atomic E-state index is -0.820. The number of carbonyl (C=O) groups is 1. The van der Waals surface area contributed by atoms with Gasteiger partial charge in [0.2, 0.25) is 0 Å². The van der Waals surface area contributed by atoms with Crippen molar-refractivity contribution in [3.63, 3.8) is 0 Å². The zero-order valence-corrected chi connectivity index (χ0v) is 14.0. The highest BCUT2D eigenvalue weighted by atomic mass is 31.2. The largest absolute Gasteiger partial charge is 0.300 e. The first-order valence-corrected chi connectivity index (χ1v) is 10.5. The Morgan fingerprint density at radius 2 is 1.17 bits per heavy atom. The van der Waals surface area contributed by atoms with Crippen LogP contribution in [0.25, 0.3) is 0 Å². The van der Waals surface area contributed by atoms with Crippen molar-refractivity contribution in [3.05, 3.63) is 0 Å². The molecule has 0 saturated heterocycles. The zero-order chi connectivity index (χ0) is 13.9. The van der Waals surface area contributed by atoms with Crippen LogP contribution in [-0.2, 0) is 4.79 Å². The van der Waals surface area contributed by atoms with Crippen LogP contribution >= 0.6 is 7.26 Å². The standard InChI is InChI=1S/C16H34OP/c1-5-8-12-18(13-9-6-2,14-10-7-3)15-11-16(4)17/h5-15H2,1-4H3/q+1. The Labute approximate surface area is 115 Å². The molecule has 18 heavy (non-hydrogen) atoms. The highest BCUT2D eigenvalue weighted by Crippen LogP contribution is 2.61. The molecule has 0 aromatic carbocycles. The van der Waals surface area contributed by atoms with Gasteiger partial charge in [0.1, 0.15) is 5.78 Å². The van der Waals surface area contributed by atoms with E-state index in [9.17, 15) is 4.79 Å². The highest BCUT2D eigenvalue weighted by molar-refractivity contribution is 7.75. The van der Waals surface area contributed by atoms with E-state index in [1.807, 2.05) is 0 Å². The fourth-order valence-corrected chi connectivity index (χ4v) is 7.64. The van der Waals surface area contributed by atoms with Crippen molar-refractivity contribution in [2.45, 2.75) is 72.6 Å². The van der Waals surface area contributed by atoms with Gasteiger partial charge in [0.05, 0.1) is 24.6 Å². The van der Waals surface area contributed by atoms with Crippen LogP contribution in [0.1, 0.15) is 72.6 Å². The number of unbranched alkanes of at least 4 members (excludes halogenated alkanes) is 3. The summed E-state index contributed by atoms with van der Waals surface area (Å²) < 4.78 is 0. The van der Waals surface area contributed by atoms with E-state index >= 15 is 0 Å². The van der Waals surface area contributed by atoms with Gasteiger partial charge in [0.25, 0.3) is 0 Å². The van der Waals surface area contributed by atoms with E-state index < -0.39 is 7.26 Å². The van der Waals surface area contributed by atoms with E-state index in [1.54, 1.807) is 6.92 Å². The lowest BCUT2D eigenvalue weighted by Crippen LogP contribution is -2.14. The molecule has 0 heterocycles. The molecule has 0 radical (unpaired) electrons. The summed E-state index contributed by atoms with van der Waals surface area (Å²) in [6, 6.07) is 0. The van der Waals surface area contributed by atoms with Crippen molar-refractivity contribution < 1.29 is 4.79 Å². The van der Waals surface area contributed by atoms with Crippen molar-refractivity contribution >= 4 is 13.0 Å².